The van der Waals surface area contributed by atoms with Gasteiger partial charge in [0.2, 0.25) is 0 Å². The molecule has 0 saturated heterocycles. The molecule has 3 N–H and O–H groups in total. The molecule has 6 heteroatoms. The summed E-state index contributed by atoms with van der Waals surface area (Å²) in [5.74, 6) is 2.49. The van der Waals surface area contributed by atoms with Gasteiger partial charge in [0, 0.05) is 36.9 Å². The van der Waals surface area contributed by atoms with E-state index in [2.05, 4.69) is 30.2 Å². The first kappa shape index (κ1) is 19.4. The molecule has 0 amide bonds. The van der Waals surface area contributed by atoms with Gasteiger partial charge < -0.3 is 25.3 Å². The predicted octanol–water partition coefficient (Wildman–Crippen LogP) is 3.52. The average Bonchev–Trinajstić information content (AvgIpc) is 2.60. The highest BCUT2D eigenvalue weighted by Crippen LogP contribution is 2.27. The maximum atomic E-state index is 5.94. The van der Waals surface area contributed by atoms with Crippen LogP contribution in [-0.2, 0) is 0 Å². The number of guanidine groups is 1. The van der Waals surface area contributed by atoms with Crippen LogP contribution in [0.15, 0.2) is 41.4 Å². The number of hydrogen-bond acceptors (Lipinski definition) is 4. The summed E-state index contributed by atoms with van der Waals surface area (Å²) < 4.78 is 16.2. The fourth-order valence-corrected chi connectivity index (χ4v) is 2.55. The van der Waals surface area contributed by atoms with E-state index in [9.17, 15) is 0 Å². The Balaban J connectivity index is 1.79. The molecule has 0 fully saturated rings. The Kier molecular flexibility index (Phi) is 7.14. The van der Waals surface area contributed by atoms with E-state index in [1.165, 1.54) is 11.1 Å². The summed E-state index contributed by atoms with van der Waals surface area (Å²) in [6, 6.07) is 11.6. The first-order chi connectivity index (χ1) is 12.5. The lowest BCUT2D eigenvalue weighted by Crippen LogP contribution is -2.23. The summed E-state index contributed by atoms with van der Waals surface area (Å²) >= 11 is 0. The fraction of sp³-hybridized carbons (Fsp3) is 0.350. The van der Waals surface area contributed by atoms with E-state index in [0.29, 0.717) is 36.4 Å². The van der Waals surface area contributed by atoms with Crippen molar-refractivity contribution in [2.45, 2.75) is 20.3 Å². The summed E-state index contributed by atoms with van der Waals surface area (Å²) in [6.07, 6.45) is 0.745. The minimum Gasteiger partial charge on any atom is -0.496 e. The van der Waals surface area contributed by atoms with Crippen LogP contribution in [0.4, 0.5) is 5.69 Å². The van der Waals surface area contributed by atoms with Crippen molar-refractivity contribution < 1.29 is 14.2 Å². The summed E-state index contributed by atoms with van der Waals surface area (Å²) in [5.41, 5.74) is 9.25. The highest BCUT2D eigenvalue weighted by atomic mass is 16.5. The standard InChI is InChI=1S/C20H27N3O3/c1-14-8-15(2)10-16(9-14)23-20(21)22-6-5-7-26-19-12-17(24-3)11-18(13-19)25-4/h8-13H,5-7H2,1-4H3,(H3,21,22,23). The molecule has 26 heavy (non-hydrogen) atoms. The zero-order valence-electron chi connectivity index (χ0n) is 15.8. The Bertz CT molecular complexity index is 717. The number of benzene rings is 2. The van der Waals surface area contributed by atoms with Crippen molar-refractivity contribution >= 4 is 11.6 Å². The average molecular weight is 357 g/mol. The maximum absolute atomic E-state index is 5.94. The van der Waals surface area contributed by atoms with Crippen LogP contribution in [0.1, 0.15) is 17.5 Å². The van der Waals surface area contributed by atoms with Crippen LogP contribution >= 0.6 is 0 Å². The molecule has 0 aromatic heterocycles. The van der Waals surface area contributed by atoms with Crippen LogP contribution in [0.3, 0.4) is 0 Å². The molecule has 0 radical (unpaired) electrons. The smallest absolute Gasteiger partial charge is 0.193 e. The molecule has 2 rings (SSSR count). The molecule has 2 aromatic carbocycles. The van der Waals surface area contributed by atoms with Crippen LogP contribution in [0.25, 0.3) is 0 Å². The van der Waals surface area contributed by atoms with Crippen molar-refractivity contribution in [3.8, 4) is 17.2 Å². The number of nitrogens with two attached hydrogens (primary N) is 1. The number of rotatable bonds is 8. The van der Waals surface area contributed by atoms with Gasteiger partial charge in [0.25, 0.3) is 0 Å². The largest absolute Gasteiger partial charge is 0.496 e. The first-order valence-corrected chi connectivity index (χ1v) is 8.51. The predicted molar refractivity (Wildman–Crippen MR) is 106 cm³/mol. The van der Waals surface area contributed by atoms with Gasteiger partial charge in [-0.25, -0.2) is 0 Å². The Morgan fingerprint density at radius 1 is 0.923 bits per heavy atom. The second-order valence-electron chi connectivity index (χ2n) is 6.02. The molecule has 0 aliphatic heterocycles. The van der Waals surface area contributed by atoms with E-state index in [1.807, 2.05) is 24.3 Å². The maximum Gasteiger partial charge on any atom is 0.193 e. The lowest BCUT2D eigenvalue weighted by atomic mass is 10.1. The molecule has 2 aromatic rings. The zero-order valence-corrected chi connectivity index (χ0v) is 15.8. The van der Waals surface area contributed by atoms with Crippen molar-refractivity contribution in [3.05, 3.63) is 47.5 Å². The second-order valence-corrected chi connectivity index (χ2v) is 6.02. The topological polar surface area (TPSA) is 78.1 Å². The quantitative estimate of drug-likeness (QED) is 0.429. The van der Waals surface area contributed by atoms with Crippen LogP contribution in [0, 0.1) is 13.8 Å². The van der Waals surface area contributed by atoms with E-state index < -0.39 is 0 Å². The lowest BCUT2D eigenvalue weighted by molar-refractivity contribution is 0.307. The molecule has 6 nitrogen and oxygen atoms in total. The zero-order chi connectivity index (χ0) is 18.9. The van der Waals surface area contributed by atoms with Gasteiger partial charge in [-0.3, -0.25) is 4.99 Å². The van der Waals surface area contributed by atoms with Crippen molar-refractivity contribution in [2.24, 2.45) is 10.7 Å². The van der Waals surface area contributed by atoms with E-state index >= 15 is 0 Å². The minimum atomic E-state index is 0.401. The molecular formula is C20H27N3O3. The summed E-state index contributed by atoms with van der Waals surface area (Å²) in [5, 5.41) is 3.12. The van der Waals surface area contributed by atoms with Crippen LogP contribution in [-0.4, -0.2) is 33.3 Å². The number of aliphatic imine (C=N–C) groups is 1. The van der Waals surface area contributed by atoms with Crippen LogP contribution < -0.4 is 25.3 Å². The Labute approximate surface area is 155 Å². The van der Waals surface area contributed by atoms with E-state index in [0.717, 1.165) is 12.1 Å². The van der Waals surface area contributed by atoms with Crippen LogP contribution in [0.2, 0.25) is 0 Å². The van der Waals surface area contributed by atoms with Crippen molar-refractivity contribution in [2.75, 3.05) is 32.7 Å². The number of methoxy groups -OCH3 is 2. The van der Waals surface area contributed by atoms with Gasteiger partial charge in [0.15, 0.2) is 5.96 Å². The summed E-state index contributed by atoms with van der Waals surface area (Å²) in [4.78, 5) is 4.33. The summed E-state index contributed by atoms with van der Waals surface area (Å²) in [6.45, 7) is 5.20. The van der Waals surface area contributed by atoms with Gasteiger partial charge in [-0.1, -0.05) is 6.07 Å². The lowest BCUT2D eigenvalue weighted by Gasteiger charge is -2.10. The van der Waals surface area contributed by atoms with Gasteiger partial charge in [-0.05, 0) is 37.1 Å². The third-order valence-corrected chi connectivity index (χ3v) is 3.67. The normalized spacial score (nSPS) is 11.2. The highest BCUT2D eigenvalue weighted by molar-refractivity contribution is 5.92. The number of hydrogen-bond donors (Lipinski definition) is 2. The van der Waals surface area contributed by atoms with Crippen molar-refractivity contribution in [1.29, 1.82) is 0 Å². The van der Waals surface area contributed by atoms with Gasteiger partial charge in [-0.15, -0.1) is 0 Å². The molecule has 0 bridgehead atoms. The minimum absolute atomic E-state index is 0.401. The van der Waals surface area contributed by atoms with E-state index in [4.69, 9.17) is 19.9 Å². The number of ether oxygens (including phenoxy) is 3. The van der Waals surface area contributed by atoms with E-state index in [1.54, 1.807) is 20.3 Å². The monoisotopic (exact) mass is 357 g/mol. The molecule has 0 heterocycles. The molecule has 0 aliphatic carbocycles. The Hall–Kier alpha value is -2.89. The molecule has 0 aliphatic rings. The fourth-order valence-electron chi connectivity index (χ4n) is 2.55. The molecule has 0 atom stereocenters. The van der Waals surface area contributed by atoms with Gasteiger partial charge in [0.1, 0.15) is 17.2 Å². The van der Waals surface area contributed by atoms with Gasteiger partial charge in [-0.2, -0.15) is 0 Å². The number of nitrogens with one attached hydrogen (secondary N) is 1. The van der Waals surface area contributed by atoms with Crippen LogP contribution in [0.5, 0.6) is 17.2 Å². The number of anilines is 1. The van der Waals surface area contributed by atoms with Gasteiger partial charge in [0.05, 0.1) is 20.8 Å². The van der Waals surface area contributed by atoms with Crippen molar-refractivity contribution in [3.63, 3.8) is 0 Å². The van der Waals surface area contributed by atoms with E-state index in [-0.39, 0.29) is 0 Å². The SMILES string of the molecule is COc1cc(OC)cc(OCCCN=C(N)Nc2cc(C)cc(C)c2)c1. The summed E-state index contributed by atoms with van der Waals surface area (Å²) in [7, 11) is 3.22. The third kappa shape index (κ3) is 6.20. The Morgan fingerprint density at radius 2 is 1.50 bits per heavy atom. The van der Waals surface area contributed by atoms with Gasteiger partial charge >= 0.3 is 0 Å². The molecule has 0 spiro atoms. The van der Waals surface area contributed by atoms with Crippen molar-refractivity contribution in [1.82, 2.24) is 0 Å². The second kappa shape index (κ2) is 9.56. The Morgan fingerprint density at radius 3 is 2.08 bits per heavy atom. The third-order valence-electron chi connectivity index (χ3n) is 3.67. The first-order valence-electron chi connectivity index (χ1n) is 8.51. The number of nitrogens with zero attached hydrogens (tertiary/aromatic N) is 1. The molecule has 0 saturated carbocycles. The number of aryl methyl sites for hydroxylation is 2. The molecular weight excluding hydrogens is 330 g/mol. The highest BCUT2D eigenvalue weighted by Gasteiger charge is 2.03. The molecule has 140 valence electrons. The molecule has 0 unspecified atom stereocenters.